The van der Waals surface area contributed by atoms with E-state index in [0.29, 0.717) is 6.33 Å². The summed E-state index contributed by atoms with van der Waals surface area (Å²) in [6.45, 7) is -0.0287. The van der Waals surface area contributed by atoms with Gasteiger partial charge in [-0.25, -0.2) is 9.18 Å². The van der Waals surface area contributed by atoms with E-state index in [1.54, 1.807) is 0 Å². The molecule has 0 aliphatic rings. The highest BCUT2D eigenvalue weighted by molar-refractivity contribution is 5.64. The second-order valence-corrected chi connectivity index (χ2v) is 1.63. The van der Waals surface area contributed by atoms with Crippen LogP contribution >= 0.6 is 0 Å². The minimum absolute atomic E-state index is 0.0246. The van der Waals surface area contributed by atoms with Gasteiger partial charge in [-0.15, -0.1) is 0 Å². The van der Waals surface area contributed by atoms with Gasteiger partial charge in [0, 0.05) is 13.1 Å². The maximum absolute atomic E-state index is 11.6. The Bertz CT molecular complexity index is 147. The molecule has 0 spiro atoms. The highest BCUT2D eigenvalue weighted by Gasteiger charge is 1.96. The molecule has 0 heterocycles. The predicted octanol–water partition coefficient (Wildman–Crippen LogP) is 0.0661. The summed E-state index contributed by atoms with van der Waals surface area (Å²) >= 11 is 0. The molecule has 0 aromatic rings. The third kappa shape index (κ3) is 3.85. The third-order valence-electron chi connectivity index (χ3n) is 0.883. The Hall–Kier alpha value is -1.10. The van der Waals surface area contributed by atoms with Gasteiger partial charge in [0.05, 0.1) is 6.33 Å². The van der Waals surface area contributed by atoms with E-state index in [0.717, 1.165) is 0 Å². The summed E-state index contributed by atoms with van der Waals surface area (Å²) in [4.78, 5) is 9.83. The van der Waals surface area contributed by atoms with Crippen molar-refractivity contribution in [1.82, 2.24) is 5.32 Å². The van der Waals surface area contributed by atoms with Crippen LogP contribution in [0.5, 0.6) is 0 Å². The van der Waals surface area contributed by atoms with Gasteiger partial charge in [-0.1, -0.05) is 0 Å². The molecule has 0 saturated heterocycles. The lowest BCUT2D eigenvalue weighted by Crippen LogP contribution is -2.25. The number of carbonyl (C=O) groups is 1. The fourth-order valence-corrected chi connectivity index (χ4v) is 0.344. The molecule has 10 heavy (non-hydrogen) atoms. The molecule has 0 aliphatic heterocycles. The van der Waals surface area contributed by atoms with E-state index in [4.69, 9.17) is 10.8 Å². The second kappa shape index (κ2) is 4.75. The number of amides is 1. The van der Waals surface area contributed by atoms with Gasteiger partial charge >= 0.3 is 6.09 Å². The SMILES string of the molecule is NCC(=CF)CNC(=O)O. The summed E-state index contributed by atoms with van der Waals surface area (Å²) in [6.07, 6.45) is -0.886. The van der Waals surface area contributed by atoms with Crippen LogP contribution in [-0.4, -0.2) is 24.3 Å². The average Bonchev–Trinajstić information content (AvgIpc) is 1.90. The molecule has 0 aromatic heterocycles. The molecule has 4 nitrogen and oxygen atoms in total. The minimum Gasteiger partial charge on any atom is -0.465 e. The van der Waals surface area contributed by atoms with Crippen LogP contribution in [0.15, 0.2) is 11.9 Å². The molecule has 0 radical (unpaired) electrons. The number of nitrogens with one attached hydrogen (secondary N) is 1. The molecule has 0 aliphatic carbocycles. The van der Waals surface area contributed by atoms with Gasteiger partial charge in [-0.3, -0.25) is 0 Å². The molecule has 0 atom stereocenters. The number of nitrogens with two attached hydrogens (primary N) is 1. The van der Waals surface area contributed by atoms with Crippen LogP contribution in [0.25, 0.3) is 0 Å². The van der Waals surface area contributed by atoms with Crippen LogP contribution in [0.3, 0.4) is 0 Å². The standard InChI is InChI=1S/C5H9FN2O2/c6-1-4(2-7)3-8-5(9)10/h1,8H,2-3,7H2,(H,9,10). The molecule has 0 fully saturated rings. The zero-order valence-electron chi connectivity index (χ0n) is 5.30. The number of halogens is 1. The van der Waals surface area contributed by atoms with Crippen molar-refractivity contribution in [3.05, 3.63) is 11.9 Å². The molecule has 1 amide bonds. The van der Waals surface area contributed by atoms with Gasteiger partial charge in [0.1, 0.15) is 0 Å². The Balaban J connectivity index is 3.56. The molecule has 0 aromatic carbocycles. The Morgan fingerprint density at radius 2 is 2.40 bits per heavy atom. The van der Waals surface area contributed by atoms with Crippen molar-refractivity contribution in [3.8, 4) is 0 Å². The van der Waals surface area contributed by atoms with Crippen LogP contribution in [0.4, 0.5) is 9.18 Å². The van der Waals surface area contributed by atoms with Crippen molar-refractivity contribution in [2.24, 2.45) is 5.73 Å². The van der Waals surface area contributed by atoms with Crippen molar-refractivity contribution in [2.45, 2.75) is 0 Å². The van der Waals surface area contributed by atoms with Gasteiger partial charge in [-0.2, -0.15) is 0 Å². The first kappa shape index (κ1) is 8.90. The quantitative estimate of drug-likeness (QED) is 0.530. The molecule has 58 valence electrons. The van der Waals surface area contributed by atoms with E-state index in [-0.39, 0.29) is 18.7 Å². The van der Waals surface area contributed by atoms with E-state index >= 15 is 0 Å². The van der Waals surface area contributed by atoms with E-state index in [2.05, 4.69) is 0 Å². The molecule has 5 heteroatoms. The number of hydrogen-bond acceptors (Lipinski definition) is 2. The smallest absolute Gasteiger partial charge is 0.404 e. The number of hydrogen-bond donors (Lipinski definition) is 3. The van der Waals surface area contributed by atoms with Crippen LogP contribution in [0.1, 0.15) is 0 Å². The van der Waals surface area contributed by atoms with E-state index in [1.165, 1.54) is 0 Å². The lowest BCUT2D eigenvalue weighted by Gasteiger charge is -2.00. The predicted molar refractivity (Wildman–Crippen MR) is 34.3 cm³/mol. The Morgan fingerprint density at radius 3 is 2.70 bits per heavy atom. The summed E-state index contributed by atoms with van der Waals surface area (Å²) in [5, 5.41) is 10.0. The summed E-state index contributed by atoms with van der Waals surface area (Å²) in [6, 6.07) is 0. The topological polar surface area (TPSA) is 75.3 Å². The summed E-state index contributed by atoms with van der Waals surface area (Å²) in [5.41, 5.74) is 5.25. The summed E-state index contributed by atoms with van der Waals surface area (Å²) in [5.74, 6) is 0. The van der Waals surface area contributed by atoms with Crippen molar-refractivity contribution < 1.29 is 14.3 Å². The van der Waals surface area contributed by atoms with Gasteiger partial charge in [0.25, 0.3) is 0 Å². The number of carboxylic acid groups (broad SMARTS) is 1. The summed E-state index contributed by atoms with van der Waals surface area (Å²) < 4.78 is 11.6. The molecule has 0 rings (SSSR count). The monoisotopic (exact) mass is 148 g/mol. The van der Waals surface area contributed by atoms with Crippen LogP contribution in [0, 0.1) is 0 Å². The number of rotatable bonds is 3. The van der Waals surface area contributed by atoms with E-state index < -0.39 is 6.09 Å². The highest BCUT2D eigenvalue weighted by atomic mass is 19.1. The van der Waals surface area contributed by atoms with Crippen molar-refractivity contribution in [3.63, 3.8) is 0 Å². The maximum atomic E-state index is 11.6. The van der Waals surface area contributed by atoms with E-state index in [1.807, 2.05) is 5.32 Å². The van der Waals surface area contributed by atoms with Gasteiger partial charge in [0.15, 0.2) is 0 Å². The van der Waals surface area contributed by atoms with Crippen molar-refractivity contribution in [2.75, 3.05) is 13.1 Å². The maximum Gasteiger partial charge on any atom is 0.404 e. The minimum atomic E-state index is -1.19. The molecular weight excluding hydrogens is 139 g/mol. The highest BCUT2D eigenvalue weighted by Crippen LogP contribution is 1.88. The van der Waals surface area contributed by atoms with Gasteiger partial charge < -0.3 is 16.2 Å². The third-order valence-corrected chi connectivity index (χ3v) is 0.883. The zero-order chi connectivity index (χ0) is 7.98. The Kier molecular flexibility index (Phi) is 4.23. The average molecular weight is 148 g/mol. The second-order valence-electron chi connectivity index (χ2n) is 1.63. The normalized spacial score (nSPS) is 11.2. The van der Waals surface area contributed by atoms with Crippen molar-refractivity contribution >= 4 is 6.09 Å². The van der Waals surface area contributed by atoms with Gasteiger partial charge in [0.2, 0.25) is 0 Å². The van der Waals surface area contributed by atoms with Crippen LogP contribution in [0.2, 0.25) is 0 Å². The molecule has 0 bridgehead atoms. The molecule has 0 saturated carbocycles. The molecule has 0 unspecified atom stereocenters. The lowest BCUT2D eigenvalue weighted by molar-refractivity contribution is 0.195. The van der Waals surface area contributed by atoms with Crippen LogP contribution < -0.4 is 11.1 Å². The molecular formula is C5H9FN2O2. The largest absolute Gasteiger partial charge is 0.465 e. The fourth-order valence-electron chi connectivity index (χ4n) is 0.344. The fraction of sp³-hybridized carbons (Fsp3) is 0.400. The van der Waals surface area contributed by atoms with Crippen molar-refractivity contribution in [1.29, 1.82) is 0 Å². The Labute approximate surface area is 57.5 Å². The van der Waals surface area contributed by atoms with E-state index in [9.17, 15) is 9.18 Å². The van der Waals surface area contributed by atoms with Crippen LogP contribution in [-0.2, 0) is 0 Å². The first-order valence-corrected chi connectivity index (χ1v) is 2.65. The van der Waals surface area contributed by atoms with Gasteiger partial charge in [-0.05, 0) is 5.57 Å². The summed E-state index contributed by atoms with van der Waals surface area (Å²) in [7, 11) is 0. The molecule has 4 N–H and O–H groups in total. The Morgan fingerprint density at radius 1 is 1.80 bits per heavy atom. The first-order valence-electron chi connectivity index (χ1n) is 2.65. The lowest BCUT2D eigenvalue weighted by atomic mass is 10.3. The zero-order valence-corrected chi connectivity index (χ0v) is 5.30. The first-order chi connectivity index (χ1) is 4.70.